The Morgan fingerprint density at radius 3 is 2.07 bits per heavy atom. The number of nitrogens with zero attached hydrogens (tertiary/aromatic N) is 1. The summed E-state index contributed by atoms with van der Waals surface area (Å²) in [5.41, 5.74) is 1.27. The van der Waals surface area contributed by atoms with Crippen molar-refractivity contribution >= 4 is 29.4 Å². The summed E-state index contributed by atoms with van der Waals surface area (Å²) in [6.45, 7) is 3.69. The van der Waals surface area contributed by atoms with E-state index in [4.69, 9.17) is 4.74 Å². The minimum Gasteiger partial charge on any atom is -0.449 e. The molecule has 1 aliphatic rings. The topological polar surface area (TPSA) is 92.8 Å². The third kappa shape index (κ3) is 3.44. The van der Waals surface area contributed by atoms with Gasteiger partial charge >= 0.3 is 5.97 Å². The van der Waals surface area contributed by atoms with Gasteiger partial charge in [0.25, 0.3) is 17.7 Å². The molecular weight excluding hydrogens is 348 g/mol. The van der Waals surface area contributed by atoms with Crippen LogP contribution in [0.25, 0.3) is 0 Å². The summed E-state index contributed by atoms with van der Waals surface area (Å²) >= 11 is 0. The van der Waals surface area contributed by atoms with Crippen molar-refractivity contribution in [2.24, 2.45) is 0 Å². The van der Waals surface area contributed by atoms with Gasteiger partial charge in [0, 0.05) is 6.54 Å². The lowest BCUT2D eigenvalue weighted by Crippen LogP contribution is -2.35. The minimum absolute atomic E-state index is 0.214. The molecule has 0 fully saturated rings. The van der Waals surface area contributed by atoms with Crippen LogP contribution in [0, 0.1) is 0 Å². The normalized spacial score (nSPS) is 13.9. The number of carbonyl (C=O) groups excluding carboxylic acids is 4. The highest BCUT2D eigenvalue weighted by Gasteiger charge is 2.36. The largest absolute Gasteiger partial charge is 0.449 e. The zero-order valence-corrected chi connectivity index (χ0v) is 14.9. The van der Waals surface area contributed by atoms with E-state index in [1.807, 2.05) is 0 Å². The van der Waals surface area contributed by atoms with Crippen LogP contribution in [0.2, 0.25) is 0 Å². The zero-order chi connectivity index (χ0) is 19.6. The SMILES string of the molecule is CCNC(=O)[C@@H](C)OC(=O)c1ccc(N2C(=O)c3ccccc3C2=O)cc1. The summed E-state index contributed by atoms with van der Waals surface area (Å²) in [5.74, 6) is -1.86. The van der Waals surface area contributed by atoms with E-state index in [1.54, 1.807) is 31.2 Å². The number of benzene rings is 2. The summed E-state index contributed by atoms with van der Waals surface area (Å²) < 4.78 is 5.11. The van der Waals surface area contributed by atoms with Gasteiger partial charge in [-0.2, -0.15) is 0 Å². The summed E-state index contributed by atoms with van der Waals surface area (Å²) in [5, 5.41) is 2.57. The smallest absolute Gasteiger partial charge is 0.338 e. The Morgan fingerprint density at radius 1 is 1.00 bits per heavy atom. The van der Waals surface area contributed by atoms with Gasteiger partial charge in [0.1, 0.15) is 0 Å². The number of hydrogen-bond acceptors (Lipinski definition) is 5. The van der Waals surface area contributed by atoms with Crippen LogP contribution in [0.5, 0.6) is 0 Å². The van der Waals surface area contributed by atoms with Crippen molar-refractivity contribution < 1.29 is 23.9 Å². The molecule has 2 aromatic rings. The molecule has 1 heterocycles. The molecule has 138 valence electrons. The van der Waals surface area contributed by atoms with Crippen LogP contribution >= 0.6 is 0 Å². The van der Waals surface area contributed by atoms with E-state index in [-0.39, 0.29) is 11.5 Å². The van der Waals surface area contributed by atoms with Gasteiger partial charge in [0.05, 0.1) is 22.4 Å². The average molecular weight is 366 g/mol. The Bertz CT molecular complexity index is 885. The first-order valence-electron chi connectivity index (χ1n) is 8.50. The number of ether oxygens (including phenoxy) is 1. The molecule has 1 N–H and O–H groups in total. The van der Waals surface area contributed by atoms with Gasteiger partial charge in [-0.25, -0.2) is 9.69 Å². The number of fused-ring (bicyclic) bond motifs is 1. The summed E-state index contributed by atoms with van der Waals surface area (Å²) in [6, 6.07) is 12.5. The fourth-order valence-corrected chi connectivity index (χ4v) is 2.77. The third-order valence-corrected chi connectivity index (χ3v) is 4.16. The maximum absolute atomic E-state index is 12.5. The average Bonchev–Trinajstić information content (AvgIpc) is 2.93. The van der Waals surface area contributed by atoms with Gasteiger partial charge in [0.15, 0.2) is 6.10 Å². The number of carbonyl (C=O) groups is 4. The van der Waals surface area contributed by atoms with Gasteiger partial charge in [-0.05, 0) is 50.2 Å². The second-order valence-corrected chi connectivity index (χ2v) is 5.98. The maximum Gasteiger partial charge on any atom is 0.338 e. The van der Waals surface area contributed by atoms with Gasteiger partial charge < -0.3 is 10.1 Å². The summed E-state index contributed by atoms with van der Waals surface area (Å²) in [6.07, 6.45) is -0.923. The van der Waals surface area contributed by atoms with Crippen LogP contribution < -0.4 is 10.2 Å². The van der Waals surface area contributed by atoms with Crippen molar-refractivity contribution in [2.45, 2.75) is 20.0 Å². The zero-order valence-electron chi connectivity index (χ0n) is 14.9. The van der Waals surface area contributed by atoms with E-state index in [0.717, 1.165) is 4.90 Å². The maximum atomic E-state index is 12.5. The number of nitrogens with one attached hydrogen (secondary N) is 1. The second-order valence-electron chi connectivity index (χ2n) is 5.98. The standard InChI is InChI=1S/C20H18N2O5/c1-3-21-17(23)12(2)27-20(26)13-8-10-14(11-9-13)22-18(24)15-6-4-5-7-16(15)19(22)25/h4-12H,3H2,1-2H3,(H,21,23)/t12-/m1/s1. The molecule has 3 rings (SSSR count). The molecule has 0 aromatic heterocycles. The quantitative estimate of drug-likeness (QED) is 0.647. The number of amides is 3. The molecule has 1 atom stereocenters. The van der Waals surface area contributed by atoms with Crippen molar-refractivity contribution in [1.29, 1.82) is 0 Å². The Hall–Kier alpha value is -3.48. The van der Waals surface area contributed by atoms with Crippen molar-refractivity contribution in [1.82, 2.24) is 5.32 Å². The number of imide groups is 1. The van der Waals surface area contributed by atoms with Crippen molar-refractivity contribution in [3.63, 3.8) is 0 Å². The van der Waals surface area contributed by atoms with Gasteiger partial charge in [-0.1, -0.05) is 12.1 Å². The number of anilines is 1. The van der Waals surface area contributed by atoms with Crippen LogP contribution in [0.3, 0.4) is 0 Å². The van der Waals surface area contributed by atoms with Gasteiger partial charge in [-0.3, -0.25) is 14.4 Å². The number of rotatable bonds is 5. The monoisotopic (exact) mass is 366 g/mol. The van der Waals surface area contributed by atoms with Gasteiger partial charge in [0.2, 0.25) is 0 Å². The van der Waals surface area contributed by atoms with E-state index in [9.17, 15) is 19.2 Å². The Balaban J connectivity index is 1.75. The molecule has 0 saturated heterocycles. The highest BCUT2D eigenvalue weighted by atomic mass is 16.5. The second kappa shape index (κ2) is 7.41. The Kier molecular flexibility index (Phi) is 5.03. The lowest BCUT2D eigenvalue weighted by molar-refractivity contribution is -0.128. The third-order valence-electron chi connectivity index (χ3n) is 4.16. The van der Waals surface area contributed by atoms with Gasteiger partial charge in [-0.15, -0.1) is 0 Å². The van der Waals surface area contributed by atoms with Crippen molar-refractivity contribution in [3.8, 4) is 0 Å². The highest BCUT2D eigenvalue weighted by molar-refractivity contribution is 6.34. The van der Waals surface area contributed by atoms with E-state index in [1.165, 1.54) is 31.2 Å². The van der Waals surface area contributed by atoms with Crippen LogP contribution in [-0.4, -0.2) is 36.3 Å². The molecule has 7 nitrogen and oxygen atoms in total. The molecule has 0 saturated carbocycles. The van der Waals surface area contributed by atoms with Crippen LogP contribution in [0.1, 0.15) is 44.9 Å². The molecule has 2 aromatic carbocycles. The number of hydrogen-bond donors (Lipinski definition) is 1. The molecule has 0 radical (unpaired) electrons. The molecule has 0 bridgehead atoms. The molecule has 0 spiro atoms. The Morgan fingerprint density at radius 2 is 1.56 bits per heavy atom. The molecule has 7 heteroatoms. The first-order valence-corrected chi connectivity index (χ1v) is 8.50. The molecule has 0 aliphatic carbocycles. The van der Waals surface area contributed by atoms with E-state index < -0.39 is 23.9 Å². The van der Waals surface area contributed by atoms with E-state index >= 15 is 0 Å². The van der Waals surface area contributed by atoms with Crippen LogP contribution in [0.4, 0.5) is 5.69 Å². The lowest BCUT2D eigenvalue weighted by Gasteiger charge is -2.15. The molecular formula is C20H18N2O5. The first kappa shape index (κ1) is 18.3. The predicted molar refractivity (Wildman–Crippen MR) is 97.6 cm³/mol. The first-order chi connectivity index (χ1) is 12.9. The highest BCUT2D eigenvalue weighted by Crippen LogP contribution is 2.28. The van der Waals surface area contributed by atoms with Crippen LogP contribution in [-0.2, 0) is 9.53 Å². The Labute approximate surface area is 155 Å². The minimum atomic E-state index is -0.923. The summed E-state index contributed by atoms with van der Waals surface area (Å²) in [4.78, 5) is 49.8. The predicted octanol–water partition coefficient (Wildman–Crippen LogP) is 2.17. The van der Waals surface area contributed by atoms with E-state index in [2.05, 4.69) is 5.32 Å². The number of esters is 1. The fraction of sp³-hybridized carbons (Fsp3) is 0.200. The molecule has 27 heavy (non-hydrogen) atoms. The van der Waals surface area contributed by atoms with Crippen LogP contribution in [0.15, 0.2) is 48.5 Å². The van der Waals surface area contributed by atoms with Crippen molar-refractivity contribution in [2.75, 3.05) is 11.4 Å². The van der Waals surface area contributed by atoms with Crippen molar-refractivity contribution in [3.05, 3.63) is 65.2 Å². The molecule has 0 unspecified atom stereocenters. The molecule has 1 aliphatic heterocycles. The summed E-state index contributed by atoms with van der Waals surface area (Å²) in [7, 11) is 0. The lowest BCUT2D eigenvalue weighted by atomic mass is 10.1. The fourth-order valence-electron chi connectivity index (χ4n) is 2.77. The molecule has 3 amide bonds. The number of likely N-dealkylation sites (N-methyl/N-ethyl adjacent to an activating group) is 1. The van der Waals surface area contributed by atoms with E-state index in [0.29, 0.717) is 23.4 Å².